The minimum atomic E-state index is -4.18. The van der Waals surface area contributed by atoms with Crippen molar-refractivity contribution >= 4 is 39.1 Å². The fraction of sp³-hybridized carbons (Fsp3) is 0.212. The van der Waals surface area contributed by atoms with Crippen LogP contribution < -0.4 is 14.4 Å². The second-order valence-electron chi connectivity index (χ2n) is 10.2. The first-order valence-electron chi connectivity index (χ1n) is 13.8. The number of halogens is 1. The molecule has 0 spiro atoms. The van der Waals surface area contributed by atoms with Crippen LogP contribution in [0.5, 0.6) is 11.5 Å². The van der Waals surface area contributed by atoms with Gasteiger partial charge in [-0.25, -0.2) is 8.42 Å². The number of anilines is 1. The minimum absolute atomic E-state index is 0.0272. The number of carbonyl (C=O) groups excluding carboxylic acids is 2. The molecule has 0 saturated carbocycles. The van der Waals surface area contributed by atoms with Crippen molar-refractivity contribution in [3.05, 3.63) is 120 Å². The fourth-order valence-electron chi connectivity index (χ4n) is 4.37. The predicted octanol–water partition coefficient (Wildman–Crippen LogP) is 6.27. The summed E-state index contributed by atoms with van der Waals surface area (Å²) in [5.41, 5.74) is 0.963. The first-order valence-corrected chi connectivity index (χ1v) is 15.6. The van der Waals surface area contributed by atoms with Crippen molar-refractivity contribution in [2.24, 2.45) is 0 Å². The van der Waals surface area contributed by atoms with Crippen LogP contribution >= 0.6 is 11.6 Å². The molecule has 0 aliphatic heterocycles. The third-order valence-electron chi connectivity index (χ3n) is 6.55. The zero-order valence-electron chi connectivity index (χ0n) is 24.2. The molecular formula is C33H34ClN3O5S. The van der Waals surface area contributed by atoms with Gasteiger partial charge in [0.1, 0.15) is 24.1 Å². The number of rotatable bonds is 12. The Morgan fingerprint density at radius 1 is 0.814 bits per heavy atom. The van der Waals surface area contributed by atoms with Crippen LogP contribution in [-0.2, 0) is 26.2 Å². The van der Waals surface area contributed by atoms with Crippen LogP contribution in [0.4, 0.5) is 5.69 Å². The summed E-state index contributed by atoms with van der Waals surface area (Å²) in [6, 6.07) is 29.5. The number of nitrogens with zero attached hydrogens (tertiary/aromatic N) is 2. The van der Waals surface area contributed by atoms with Gasteiger partial charge in [-0.2, -0.15) is 0 Å². The Morgan fingerprint density at radius 2 is 1.42 bits per heavy atom. The average Bonchev–Trinajstić information content (AvgIpc) is 2.99. The molecule has 4 aromatic rings. The summed E-state index contributed by atoms with van der Waals surface area (Å²) in [6.45, 7) is 4.78. The second-order valence-corrected chi connectivity index (χ2v) is 12.5. The summed E-state index contributed by atoms with van der Waals surface area (Å²) in [6.07, 6.45) is 0. The molecule has 1 atom stereocenters. The number of carbonyl (C=O) groups is 2. The highest BCUT2D eigenvalue weighted by atomic mass is 35.5. The summed E-state index contributed by atoms with van der Waals surface area (Å²) < 4.78 is 34.8. The molecule has 0 aromatic heterocycles. The molecule has 4 rings (SSSR count). The number of hydrogen-bond acceptors (Lipinski definition) is 5. The van der Waals surface area contributed by atoms with Gasteiger partial charge in [0.15, 0.2) is 0 Å². The zero-order chi connectivity index (χ0) is 31.0. The van der Waals surface area contributed by atoms with E-state index in [0.29, 0.717) is 22.1 Å². The van der Waals surface area contributed by atoms with Gasteiger partial charge >= 0.3 is 0 Å². The van der Waals surface area contributed by atoms with Crippen LogP contribution in [0.1, 0.15) is 26.3 Å². The van der Waals surface area contributed by atoms with Crippen LogP contribution in [0.3, 0.4) is 0 Å². The minimum Gasteiger partial charge on any atom is -0.457 e. The largest absolute Gasteiger partial charge is 0.457 e. The molecule has 2 amide bonds. The third kappa shape index (κ3) is 8.37. The van der Waals surface area contributed by atoms with Gasteiger partial charge in [0.2, 0.25) is 11.8 Å². The van der Waals surface area contributed by atoms with Crippen LogP contribution in [0.15, 0.2) is 114 Å². The molecule has 0 heterocycles. The fourth-order valence-corrected chi connectivity index (χ4v) is 6.02. The Hall–Kier alpha value is -4.34. The average molecular weight is 620 g/mol. The molecular weight excluding hydrogens is 586 g/mol. The number of nitrogens with one attached hydrogen (secondary N) is 1. The van der Waals surface area contributed by atoms with E-state index in [1.807, 2.05) is 44.2 Å². The van der Waals surface area contributed by atoms with E-state index in [0.717, 1.165) is 4.31 Å². The summed E-state index contributed by atoms with van der Waals surface area (Å²) in [5.74, 6) is 0.213. The van der Waals surface area contributed by atoms with Crippen molar-refractivity contribution in [2.75, 3.05) is 10.8 Å². The quantitative estimate of drug-likeness (QED) is 0.202. The van der Waals surface area contributed by atoms with Crippen LogP contribution in [0.25, 0.3) is 0 Å². The highest BCUT2D eigenvalue weighted by Gasteiger charge is 2.32. The molecule has 0 fully saturated rings. The number of benzene rings is 4. The molecule has 8 nitrogen and oxygen atoms in total. The smallest absolute Gasteiger partial charge is 0.264 e. The maximum absolute atomic E-state index is 14.0. The molecule has 0 aliphatic carbocycles. The molecule has 0 radical (unpaired) electrons. The standard InChI is InChI=1S/C33H34ClN3O5S/c1-24(2)35-33(39)25(3)36(22-26-11-10-12-27(34)21-26)32(38)23-37(43(40,41)31-15-8-5-9-16-31)28-17-19-30(20-18-28)42-29-13-6-4-7-14-29/h4-21,24-25H,22-23H2,1-3H3,(H,35,39)/t25-/m0/s1. The van der Waals surface area contributed by atoms with Gasteiger partial charge in [-0.1, -0.05) is 60.1 Å². The number of hydrogen-bond donors (Lipinski definition) is 1. The summed E-state index contributed by atoms with van der Waals surface area (Å²) in [5, 5.41) is 3.32. The lowest BCUT2D eigenvalue weighted by Gasteiger charge is -2.32. The van der Waals surface area contributed by atoms with Gasteiger partial charge in [-0.15, -0.1) is 0 Å². The lowest BCUT2D eigenvalue weighted by atomic mass is 10.1. The van der Waals surface area contributed by atoms with Crippen molar-refractivity contribution in [3.63, 3.8) is 0 Å². The van der Waals surface area contributed by atoms with Gasteiger partial charge in [0, 0.05) is 17.6 Å². The van der Waals surface area contributed by atoms with Gasteiger partial charge in [0.25, 0.3) is 10.0 Å². The molecule has 224 valence electrons. The van der Waals surface area contributed by atoms with Gasteiger partial charge < -0.3 is 15.0 Å². The van der Waals surface area contributed by atoms with Crippen molar-refractivity contribution in [1.82, 2.24) is 10.2 Å². The van der Waals surface area contributed by atoms with E-state index in [-0.39, 0.29) is 29.1 Å². The van der Waals surface area contributed by atoms with Crippen molar-refractivity contribution in [1.29, 1.82) is 0 Å². The lowest BCUT2D eigenvalue weighted by Crippen LogP contribution is -2.52. The van der Waals surface area contributed by atoms with Gasteiger partial charge in [-0.05, 0) is 87.0 Å². The van der Waals surface area contributed by atoms with E-state index in [1.165, 1.54) is 17.0 Å². The highest BCUT2D eigenvalue weighted by molar-refractivity contribution is 7.92. The Kier molecular flexibility index (Phi) is 10.4. The van der Waals surface area contributed by atoms with E-state index < -0.39 is 28.5 Å². The molecule has 0 bridgehead atoms. The molecule has 0 aliphatic rings. The Labute approximate surface area is 257 Å². The van der Waals surface area contributed by atoms with E-state index in [1.54, 1.807) is 73.7 Å². The molecule has 0 unspecified atom stereocenters. The third-order valence-corrected chi connectivity index (χ3v) is 8.58. The number of sulfonamides is 1. The summed E-state index contributed by atoms with van der Waals surface area (Å²) in [4.78, 5) is 28.4. The Balaban J connectivity index is 1.69. The first kappa shape index (κ1) is 31.6. The van der Waals surface area contributed by atoms with Crippen molar-refractivity contribution < 1.29 is 22.7 Å². The molecule has 1 N–H and O–H groups in total. The highest BCUT2D eigenvalue weighted by Crippen LogP contribution is 2.28. The van der Waals surface area contributed by atoms with E-state index >= 15 is 0 Å². The van der Waals surface area contributed by atoms with E-state index in [9.17, 15) is 18.0 Å². The second kappa shape index (κ2) is 14.2. The Morgan fingerprint density at radius 3 is 2.02 bits per heavy atom. The molecule has 4 aromatic carbocycles. The molecule has 43 heavy (non-hydrogen) atoms. The van der Waals surface area contributed by atoms with Crippen LogP contribution in [0.2, 0.25) is 5.02 Å². The van der Waals surface area contributed by atoms with Crippen LogP contribution in [0, 0.1) is 0 Å². The van der Waals surface area contributed by atoms with Crippen molar-refractivity contribution in [3.8, 4) is 11.5 Å². The monoisotopic (exact) mass is 619 g/mol. The van der Waals surface area contributed by atoms with E-state index in [2.05, 4.69) is 5.32 Å². The topological polar surface area (TPSA) is 96.0 Å². The van der Waals surface area contributed by atoms with Crippen molar-refractivity contribution in [2.45, 2.75) is 44.3 Å². The lowest BCUT2D eigenvalue weighted by molar-refractivity contribution is -0.139. The Bertz CT molecular complexity index is 1630. The van der Waals surface area contributed by atoms with Gasteiger partial charge in [-0.3, -0.25) is 13.9 Å². The SMILES string of the molecule is CC(C)NC(=O)[C@H](C)N(Cc1cccc(Cl)c1)C(=O)CN(c1ccc(Oc2ccccc2)cc1)S(=O)(=O)c1ccccc1. The predicted molar refractivity (Wildman–Crippen MR) is 169 cm³/mol. The summed E-state index contributed by atoms with van der Waals surface area (Å²) in [7, 11) is -4.18. The maximum Gasteiger partial charge on any atom is 0.264 e. The molecule has 0 saturated heterocycles. The number of amides is 2. The first-order chi connectivity index (χ1) is 20.5. The normalized spacial score (nSPS) is 11.9. The maximum atomic E-state index is 14.0. The van der Waals surface area contributed by atoms with Gasteiger partial charge in [0.05, 0.1) is 10.6 Å². The van der Waals surface area contributed by atoms with Crippen LogP contribution in [-0.4, -0.2) is 43.8 Å². The van der Waals surface area contributed by atoms with E-state index in [4.69, 9.17) is 16.3 Å². The number of para-hydroxylation sites is 1. The molecule has 10 heteroatoms. The zero-order valence-corrected chi connectivity index (χ0v) is 25.8. The summed E-state index contributed by atoms with van der Waals surface area (Å²) >= 11 is 6.19. The number of ether oxygens (including phenoxy) is 1.